The molecular formula is C17H16FN5OS. The van der Waals surface area contributed by atoms with Crippen LogP contribution in [0, 0.1) is 5.82 Å². The summed E-state index contributed by atoms with van der Waals surface area (Å²) in [6.07, 6.45) is 3.38. The average Bonchev–Trinajstić information content (AvgIpc) is 2.98. The van der Waals surface area contributed by atoms with Crippen molar-refractivity contribution in [2.75, 3.05) is 5.32 Å². The molecule has 1 N–H and O–H groups in total. The number of thioether (sulfide) groups is 1. The Morgan fingerprint density at radius 2 is 1.84 bits per heavy atom. The molecule has 3 rings (SSSR count). The van der Waals surface area contributed by atoms with Crippen molar-refractivity contribution in [2.45, 2.75) is 17.3 Å². The van der Waals surface area contributed by atoms with Crippen molar-refractivity contribution >= 4 is 23.4 Å². The van der Waals surface area contributed by atoms with Crippen LogP contribution in [0.5, 0.6) is 0 Å². The number of carbonyl (C=O) groups is 1. The van der Waals surface area contributed by atoms with Crippen LogP contribution >= 0.6 is 11.8 Å². The first-order valence-corrected chi connectivity index (χ1v) is 8.45. The molecule has 2 aromatic heterocycles. The Balaban J connectivity index is 1.68. The number of halogens is 1. The molecule has 0 aliphatic heterocycles. The summed E-state index contributed by atoms with van der Waals surface area (Å²) in [6, 6.07) is 9.35. The molecule has 2 heterocycles. The zero-order chi connectivity index (χ0) is 17.8. The minimum atomic E-state index is -0.391. The van der Waals surface area contributed by atoms with Gasteiger partial charge in [0.2, 0.25) is 5.91 Å². The third-order valence-electron chi connectivity index (χ3n) is 3.54. The van der Waals surface area contributed by atoms with Gasteiger partial charge in [-0.15, -0.1) is 10.2 Å². The molecule has 0 unspecified atom stereocenters. The molecular weight excluding hydrogens is 341 g/mol. The summed E-state index contributed by atoms with van der Waals surface area (Å²) in [5.74, 6) is 0.171. The highest BCUT2D eigenvalue weighted by atomic mass is 32.2. The number of aromatic nitrogens is 4. The summed E-state index contributed by atoms with van der Waals surface area (Å²) >= 11 is 1.30. The van der Waals surface area contributed by atoms with Crippen LogP contribution in [0.1, 0.15) is 6.92 Å². The molecule has 0 bridgehead atoms. The van der Waals surface area contributed by atoms with Crippen LogP contribution < -0.4 is 5.32 Å². The molecule has 0 saturated carbocycles. The first-order chi connectivity index (χ1) is 12.0. The van der Waals surface area contributed by atoms with E-state index in [1.807, 2.05) is 23.7 Å². The van der Waals surface area contributed by atoms with Gasteiger partial charge in [-0.1, -0.05) is 11.8 Å². The maximum absolute atomic E-state index is 12.9. The van der Waals surface area contributed by atoms with Crippen LogP contribution in [0.3, 0.4) is 0 Å². The number of amides is 1. The number of benzene rings is 1. The number of anilines is 1. The maximum atomic E-state index is 12.9. The van der Waals surface area contributed by atoms with Gasteiger partial charge in [-0.25, -0.2) is 4.39 Å². The van der Waals surface area contributed by atoms with E-state index in [0.717, 1.165) is 5.56 Å². The minimum absolute atomic E-state index is 0.190. The van der Waals surface area contributed by atoms with Crippen LogP contribution in [0.25, 0.3) is 11.4 Å². The second kappa shape index (κ2) is 7.43. The lowest BCUT2D eigenvalue weighted by molar-refractivity contribution is -0.115. The van der Waals surface area contributed by atoms with E-state index < -0.39 is 5.25 Å². The van der Waals surface area contributed by atoms with Crippen LogP contribution in [-0.2, 0) is 11.8 Å². The molecule has 0 fully saturated rings. The van der Waals surface area contributed by atoms with Gasteiger partial charge in [-0.3, -0.25) is 9.78 Å². The molecule has 25 heavy (non-hydrogen) atoms. The number of hydrogen-bond acceptors (Lipinski definition) is 5. The second-order valence-electron chi connectivity index (χ2n) is 5.36. The molecule has 0 saturated heterocycles. The van der Waals surface area contributed by atoms with E-state index in [2.05, 4.69) is 20.5 Å². The highest BCUT2D eigenvalue weighted by Crippen LogP contribution is 2.26. The lowest BCUT2D eigenvalue weighted by atomic mass is 10.2. The first-order valence-electron chi connectivity index (χ1n) is 7.57. The summed E-state index contributed by atoms with van der Waals surface area (Å²) in [7, 11) is 1.85. The number of pyridine rings is 1. The van der Waals surface area contributed by atoms with E-state index in [4.69, 9.17) is 0 Å². The summed E-state index contributed by atoms with van der Waals surface area (Å²) in [5, 5.41) is 11.3. The Bertz CT molecular complexity index is 867. The highest BCUT2D eigenvalue weighted by molar-refractivity contribution is 8.00. The van der Waals surface area contributed by atoms with E-state index in [1.54, 1.807) is 19.3 Å². The van der Waals surface area contributed by atoms with E-state index in [0.29, 0.717) is 16.7 Å². The number of nitrogens with zero attached hydrogens (tertiary/aromatic N) is 4. The fourth-order valence-electron chi connectivity index (χ4n) is 2.16. The van der Waals surface area contributed by atoms with Crippen molar-refractivity contribution in [3.05, 3.63) is 54.6 Å². The summed E-state index contributed by atoms with van der Waals surface area (Å²) in [5.41, 5.74) is 1.45. The standard InChI is InChI=1S/C17H16FN5OS/c1-11(16(24)20-14-5-3-13(18)4-6-14)25-17-22-21-15(23(17)2)12-7-9-19-10-8-12/h3-11H,1-2H3,(H,20,24)/t11-/m0/s1. The molecule has 0 radical (unpaired) electrons. The van der Waals surface area contributed by atoms with Crippen molar-refractivity contribution in [2.24, 2.45) is 7.05 Å². The third-order valence-corrected chi connectivity index (χ3v) is 4.67. The predicted octanol–water partition coefficient (Wildman–Crippen LogP) is 3.14. The van der Waals surface area contributed by atoms with E-state index in [1.165, 1.54) is 36.0 Å². The van der Waals surface area contributed by atoms with E-state index in [9.17, 15) is 9.18 Å². The van der Waals surface area contributed by atoms with Gasteiger partial charge < -0.3 is 9.88 Å². The molecule has 0 aliphatic carbocycles. The van der Waals surface area contributed by atoms with Crippen LogP contribution in [0.2, 0.25) is 0 Å². The topological polar surface area (TPSA) is 72.7 Å². The fourth-order valence-corrected chi connectivity index (χ4v) is 2.97. The van der Waals surface area contributed by atoms with E-state index >= 15 is 0 Å². The molecule has 0 aliphatic rings. The van der Waals surface area contributed by atoms with Crippen LogP contribution in [0.15, 0.2) is 53.9 Å². The zero-order valence-corrected chi connectivity index (χ0v) is 14.5. The third kappa shape index (κ3) is 4.03. The number of carbonyl (C=O) groups excluding carboxylic acids is 1. The molecule has 8 heteroatoms. The predicted molar refractivity (Wildman–Crippen MR) is 94.6 cm³/mol. The molecule has 6 nitrogen and oxygen atoms in total. The van der Waals surface area contributed by atoms with Crippen LogP contribution in [-0.4, -0.2) is 30.9 Å². The molecule has 0 spiro atoms. The fraction of sp³-hybridized carbons (Fsp3) is 0.176. The lowest BCUT2D eigenvalue weighted by Gasteiger charge is -2.11. The zero-order valence-electron chi connectivity index (χ0n) is 13.7. The molecule has 1 aromatic carbocycles. The lowest BCUT2D eigenvalue weighted by Crippen LogP contribution is -2.22. The second-order valence-corrected chi connectivity index (χ2v) is 6.67. The van der Waals surface area contributed by atoms with Gasteiger partial charge in [0.25, 0.3) is 0 Å². The summed E-state index contributed by atoms with van der Waals surface area (Å²) in [6.45, 7) is 1.78. The Labute approximate surface area is 148 Å². The van der Waals surface area contributed by atoms with Gasteiger partial charge in [-0.2, -0.15) is 0 Å². The molecule has 1 atom stereocenters. The normalized spacial score (nSPS) is 12.0. The van der Waals surface area contributed by atoms with Crippen molar-refractivity contribution in [3.63, 3.8) is 0 Å². The van der Waals surface area contributed by atoms with Crippen LogP contribution in [0.4, 0.5) is 10.1 Å². The average molecular weight is 357 g/mol. The number of nitrogens with one attached hydrogen (secondary N) is 1. The van der Waals surface area contributed by atoms with Gasteiger partial charge in [0, 0.05) is 30.7 Å². The minimum Gasteiger partial charge on any atom is -0.325 e. The van der Waals surface area contributed by atoms with Crippen molar-refractivity contribution < 1.29 is 9.18 Å². The first kappa shape index (κ1) is 17.1. The Morgan fingerprint density at radius 3 is 2.52 bits per heavy atom. The van der Waals surface area contributed by atoms with Crippen molar-refractivity contribution in [3.8, 4) is 11.4 Å². The maximum Gasteiger partial charge on any atom is 0.237 e. The smallest absolute Gasteiger partial charge is 0.237 e. The van der Waals surface area contributed by atoms with Crippen molar-refractivity contribution in [1.82, 2.24) is 19.7 Å². The molecule has 3 aromatic rings. The van der Waals surface area contributed by atoms with E-state index in [-0.39, 0.29) is 11.7 Å². The Kier molecular flexibility index (Phi) is 5.08. The van der Waals surface area contributed by atoms with Gasteiger partial charge in [0.1, 0.15) is 5.82 Å². The Hall–Kier alpha value is -2.74. The SMILES string of the molecule is C[C@H](Sc1nnc(-c2ccncc2)n1C)C(=O)Nc1ccc(F)cc1. The van der Waals surface area contributed by atoms with Gasteiger partial charge in [0.15, 0.2) is 11.0 Å². The molecule has 1 amide bonds. The van der Waals surface area contributed by atoms with Gasteiger partial charge >= 0.3 is 0 Å². The number of rotatable bonds is 5. The monoisotopic (exact) mass is 357 g/mol. The number of hydrogen-bond donors (Lipinski definition) is 1. The quantitative estimate of drug-likeness (QED) is 0.710. The summed E-state index contributed by atoms with van der Waals surface area (Å²) in [4.78, 5) is 16.3. The van der Waals surface area contributed by atoms with Crippen molar-refractivity contribution in [1.29, 1.82) is 0 Å². The largest absolute Gasteiger partial charge is 0.325 e. The molecule has 128 valence electrons. The highest BCUT2D eigenvalue weighted by Gasteiger charge is 2.19. The van der Waals surface area contributed by atoms with Gasteiger partial charge in [-0.05, 0) is 43.3 Å². The Morgan fingerprint density at radius 1 is 1.16 bits per heavy atom. The summed E-state index contributed by atoms with van der Waals surface area (Å²) < 4.78 is 14.8. The van der Waals surface area contributed by atoms with Gasteiger partial charge in [0.05, 0.1) is 5.25 Å².